The molecule has 0 spiro atoms. The molecule has 3 aliphatic heterocycles. The molecule has 0 radical (unpaired) electrons. The fourth-order valence-electron chi connectivity index (χ4n) is 4.61. The molecule has 3 aliphatic rings. The van der Waals surface area contributed by atoms with E-state index in [1.807, 2.05) is 17.8 Å². The van der Waals surface area contributed by atoms with Crippen LogP contribution in [-0.2, 0) is 16.6 Å². The molecule has 1 N–H and O–H groups in total. The molecule has 4 heterocycles. The summed E-state index contributed by atoms with van der Waals surface area (Å²) in [5.41, 5.74) is 0. The van der Waals surface area contributed by atoms with Gasteiger partial charge in [-0.15, -0.1) is 0 Å². The van der Waals surface area contributed by atoms with E-state index in [9.17, 15) is 18.0 Å². The van der Waals surface area contributed by atoms with E-state index in [4.69, 9.17) is 4.74 Å². The Balaban J connectivity index is 1.36. The predicted octanol–water partition coefficient (Wildman–Crippen LogP) is 1.86. The van der Waals surface area contributed by atoms with Gasteiger partial charge < -0.3 is 19.5 Å². The molecule has 9 heteroatoms. The Morgan fingerprint density at radius 1 is 1.23 bits per heavy atom. The number of aromatic nitrogens is 2. The molecule has 1 amide bonds. The standard InChI is InChI=1S/C17H23F3N4O2/c1-23-9-6-21-16(23)24-7-4-10(5-8-24)22-15(25)13-11-2-3-12(26-11)14(13)17(18,19)20/h6,9-14H,2-5,7-8H2,1H3,(H,22,25). The van der Waals surface area contributed by atoms with Gasteiger partial charge in [0.25, 0.3) is 0 Å². The van der Waals surface area contributed by atoms with Crippen molar-refractivity contribution in [2.24, 2.45) is 18.9 Å². The predicted molar refractivity (Wildman–Crippen MR) is 87.5 cm³/mol. The normalized spacial score (nSPS) is 32.2. The van der Waals surface area contributed by atoms with E-state index in [0.717, 1.165) is 5.95 Å². The van der Waals surface area contributed by atoms with Crippen LogP contribution < -0.4 is 10.2 Å². The van der Waals surface area contributed by atoms with Crippen LogP contribution in [0.3, 0.4) is 0 Å². The molecule has 3 fully saturated rings. The molecule has 4 rings (SSSR count). The maximum atomic E-state index is 13.4. The van der Waals surface area contributed by atoms with Crippen LogP contribution in [0.1, 0.15) is 25.7 Å². The third-order valence-electron chi connectivity index (χ3n) is 5.87. The molecular weight excluding hydrogens is 349 g/mol. The van der Waals surface area contributed by atoms with Crippen LogP contribution in [0.15, 0.2) is 12.4 Å². The number of alkyl halides is 3. The van der Waals surface area contributed by atoms with Crippen molar-refractivity contribution in [2.45, 2.75) is 50.1 Å². The number of piperidine rings is 1. The first-order valence-electron chi connectivity index (χ1n) is 9.09. The fourth-order valence-corrected chi connectivity index (χ4v) is 4.61. The second-order valence-corrected chi connectivity index (χ2v) is 7.49. The monoisotopic (exact) mass is 372 g/mol. The van der Waals surface area contributed by atoms with Gasteiger partial charge in [0, 0.05) is 38.6 Å². The van der Waals surface area contributed by atoms with Gasteiger partial charge in [-0.1, -0.05) is 0 Å². The van der Waals surface area contributed by atoms with Gasteiger partial charge in [0.1, 0.15) is 0 Å². The minimum atomic E-state index is -4.40. The van der Waals surface area contributed by atoms with E-state index in [1.165, 1.54) is 0 Å². The molecule has 1 aromatic rings. The first kappa shape index (κ1) is 17.6. The van der Waals surface area contributed by atoms with E-state index >= 15 is 0 Å². The van der Waals surface area contributed by atoms with Crippen LogP contribution in [0.25, 0.3) is 0 Å². The lowest BCUT2D eigenvalue weighted by atomic mass is 9.78. The number of amides is 1. The van der Waals surface area contributed by atoms with Crippen molar-refractivity contribution < 1.29 is 22.7 Å². The number of carbonyl (C=O) groups excluding carboxylic acids is 1. The van der Waals surface area contributed by atoms with Crippen LogP contribution in [0.5, 0.6) is 0 Å². The van der Waals surface area contributed by atoms with Crippen LogP contribution in [0, 0.1) is 11.8 Å². The zero-order chi connectivity index (χ0) is 18.5. The van der Waals surface area contributed by atoms with Gasteiger partial charge in [-0.25, -0.2) is 4.98 Å². The molecule has 1 aromatic heterocycles. The topological polar surface area (TPSA) is 59.4 Å². The van der Waals surface area contributed by atoms with E-state index in [-0.39, 0.29) is 6.04 Å². The number of ether oxygens (including phenoxy) is 1. The van der Waals surface area contributed by atoms with Crippen LogP contribution in [0.4, 0.5) is 19.1 Å². The highest BCUT2D eigenvalue weighted by molar-refractivity contribution is 5.80. The van der Waals surface area contributed by atoms with E-state index in [0.29, 0.717) is 38.8 Å². The summed E-state index contributed by atoms with van der Waals surface area (Å²) in [7, 11) is 1.92. The molecule has 144 valence electrons. The highest BCUT2D eigenvalue weighted by atomic mass is 19.4. The lowest BCUT2D eigenvalue weighted by molar-refractivity contribution is -0.197. The Kier molecular flexibility index (Phi) is 4.37. The summed E-state index contributed by atoms with van der Waals surface area (Å²) in [6.45, 7) is 1.43. The molecular formula is C17H23F3N4O2. The summed E-state index contributed by atoms with van der Waals surface area (Å²) in [5, 5.41) is 2.86. The van der Waals surface area contributed by atoms with Crippen LogP contribution in [-0.4, -0.2) is 53.0 Å². The van der Waals surface area contributed by atoms with Crippen molar-refractivity contribution in [3.63, 3.8) is 0 Å². The minimum absolute atomic E-state index is 0.105. The number of fused-ring (bicyclic) bond motifs is 2. The van der Waals surface area contributed by atoms with Gasteiger partial charge in [0.05, 0.1) is 24.0 Å². The maximum Gasteiger partial charge on any atom is 0.395 e. The summed E-state index contributed by atoms with van der Waals surface area (Å²) >= 11 is 0. The van der Waals surface area contributed by atoms with E-state index < -0.39 is 36.1 Å². The number of aryl methyl sites for hydroxylation is 1. The maximum absolute atomic E-state index is 13.4. The Bertz CT molecular complexity index is 669. The molecule has 3 saturated heterocycles. The molecule has 0 aliphatic carbocycles. The van der Waals surface area contributed by atoms with Crippen molar-refractivity contribution in [3.05, 3.63) is 12.4 Å². The number of nitrogens with one attached hydrogen (secondary N) is 1. The van der Waals surface area contributed by atoms with Gasteiger partial charge >= 0.3 is 6.18 Å². The molecule has 2 bridgehead atoms. The third kappa shape index (κ3) is 3.06. The average Bonchev–Trinajstić information content (AvgIpc) is 3.30. The van der Waals surface area contributed by atoms with Gasteiger partial charge in [-0.3, -0.25) is 4.79 Å². The summed E-state index contributed by atoms with van der Waals surface area (Å²) in [6.07, 6.45) is 0.0520. The van der Waals surface area contributed by atoms with Gasteiger partial charge in [-0.2, -0.15) is 13.2 Å². The molecule has 0 aromatic carbocycles. The number of anilines is 1. The largest absolute Gasteiger partial charge is 0.395 e. The zero-order valence-corrected chi connectivity index (χ0v) is 14.6. The van der Waals surface area contributed by atoms with Crippen molar-refractivity contribution in [1.82, 2.24) is 14.9 Å². The molecule has 26 heavy (non-hydrogen) atoms. The zero-order valence-electron chi connectivity index (χ0n) is 14.6. The SMILES string of the molecule is Cn1ccnc1N1CCC(NC(=O)C2C3CCC(O3)C2C(F)(F)F)CC1. The Labute approximate surface area is 149 Å². The number of hydrogen-bond donors (Lipinski definition) is 1. The van der Waals surface area contributed by atoms with E-state index in [1.54, 1.807) is 6.20 Å². The average molecular weight is 372 g/mol. The van der Waals surface area contributed by atoms with Crippen molar-refractivity contribution in [2.75, 3.05) is 18.0 Å². The number of carbonyl (C=O) groups is 1. The Hall–Kier alpha value is -1.77. The summed E-state index contributed by atoms with van der Waals surface area (Å²) < 4.78 is 47.5. The Morgan fingerprint density at radius 2 is 1.92 bits per heavy atom. The molecule has 0 saturated carbocycles. The minimum Gasteiger partial charge on any atom is -0.373 e. The Morgan fingerprint density at radius 3 is 2.54 bits per heavy atom. The summed E-state index contributed by atoms with van der Waals surface area (Å²) in [5.74, 6) is -2.42. The molecule has 4 atom stereocenters. The quantitative estimate of drug-likeness (QED) is 0.880. The van der Waals surface area contributed by atoms with Crippen molar-refractivity contribution >= 4 is 11.9 Å². The highest BCUT2D eigenvalue weighted by Gasteiger charge is 2.62. The molecule has 6 nitrogen and oxygen atoms in total. The number of nitrogens with zero attached hydrogens (tertiary/aromatic N) is 3. The lowest BCUT2D eigenvalue weighted by Crippen LogP contribution is -2.51. The van der Waals surface area contributed by atoms with Gasteiger partial charge in [-0.05, 0) is 25.7 Å². The molecule has 4 unspecified atom stereocenters. The van der Waals surface area contributed by atoms with Crippen LogP contribution >= 0.6 is 0 Å². The third-order valence-corrected chi connectivity index (χ3v) is 5.87. The summed E-state index contributed by atoms with van der Waals surface area (Å²) in [6, 6.07) is -0.105. The van der Waals surface area contributed by atoms with Gasteiger partial charge in [0.15, 0.2) is 0 Å². The number of halogens is 3. The second kappa shape index (κ2) is 6.44. The number of hydrogen-bond acceptors (Lipinski definition) is 4. The first-order valence-corrected chi connectivity index (χ1v) is 9.09. The highest BCUT2D eigenvalue weighted by Crippen LogP contribution is 2.50. The second-order valence-electron chi connectivity index (χ2n) is 7.49. The van der Waals surface area contributed by atoms with Crippen molar-refractivity contribution in [1.29, 1.82) is 0 Å². The van der Waals surface area contributed by atoms with Gasteiger partial charge in [0.2, 0.25) is 11.9 Å². The van der Waals surface area contributed by atoms with Crippen LogP contribution in [0.2, 0.25) is 0 Å². The smallest absolute Gasteiger partial charge is 0.373 e. The number of rotatable bonds is 3. The number of imidazole rings is 1. The van der Waals surface area contributed by atoms with Crippen molar-refractivity contribution in [3.8, 4) is 0 Å². The fraction of sp³-hybridized carbons (Fsp3) is 0.765. The summed E-state index contributed by atoms with van der Waals surface area (Å²) in [4.78, 5) is 19.0. The lowest BCUT2D eigenvalue weighted by Gasteiger charge is -2.35. The van der Waals surface area contributed by atoms with E-state index in [2.05, 4.69) is 15.2 Å². The first-order chi connectivity index (χ1) is 12.3.